The summed E-state index contributed by atoms with van der Waals surface area (Å²) in [5.74, 6) is -7.74. The van der Waals surface area contributed by atoms with Crippen LogP contribution in [0.5, 0.6) is 5.75 Å². The van der Waals surface area contributed by atoms with E-state index in [1.807, 2.05) is 0 Å². The Balaban J connectivity index is 1.69. The van der Waals surface area contributed by atoms with Crippen molar-refractivity contribution in [3.05, 3.63) is 101 Å². The predicted molar refractivity (Wildman–Crippen MR) is 159 cm³/mol. The molecule has 2 aromatic carbocycles. The van der Waals surface area contributed by atoms with Gasteiger partial charge in [-0.15, -0.1) is 10.2 Å². The van der Waals surface area contributed by atoms with Gasteiger partial charge >= 0.3 is 18.3 Å². The van der Waals surface area contributed by atoms with Gasteiger partial charge in [0.1, 0.15) is 17.8 Å². The van der Waals surface area contributed by atoms with Crippen LogP contribution >= 0.6 is 0 Å². The zero-order chi connectivity index (χ0) is 37.9. The standard InChI is InChI=1S/C30H21F8N7O6/c1-14(39-2)25(46)41-21-12-23(19(32)10-16(21)27(48)49)51-8-5-15-9-22(17(11-18(15)31)28(50,29(33,34)35)30(36,37)38)42-26(47)20-3-4-24(44-43-20)45-7-6-40-13-45/h3-4,6-7,9-13,50H,1-2,5,8H2,(H,41,46)(H,42,47)(H,48,49). The number of nitrogens with one attached hydrogen (secondary N) is 2. The van der Waals surface area contributed by atoms with Gasteiger partial charge in [-0.25, -0.2) is 18.6 Å². The topological polar surface area (TPSA) is 181 Å². The van der Waals surface area contributed by atoms with Crippen LogP contribution < -0.4 is 15.4 Å². The van der Waals surface area contributed by atoms with Crippen molar-refractivity contribution in [3.63, 3.8) is 0 Å². The fourth-order valence-corrected chi connectivity index (χ4v) is 4.33. The molecule has 2 aromatic heterocycles. The fraction of sp³-hybridized carbons (Fsp3) is 0.167. The van der Waals surface area contributed by atoms with Crippen molar-refractivity contribution >= 4 is 35.9 Å². The Bertz CT molecular complexity index is 1990. The Labute approximate surface area is 279 Å². The first-order valence-corrected chi connectivity index (χ1v) is 13.8. The highest BCUT2D eigenvalue weighted by atomic mass is 19.4. The number of carbonyl (C=O) groups is 3. The number of imidazole rings is 1. The average molecular weight is 728 g/mol. The highest BCUT2D eigenvalue weighted by Crippen LogP contribution is 2.52. The lowest BCUT2D eigenvalue weighted by atomic mass is 9.89. The number of nitrogens with zero attached hydrogens (tertiary/aromatic N) is 5. The van der Waals surface area contributed by atoms with Gasteiger partial charge in [-0.05, 0) is 42.6 Å². The molecular formula is C30H21F8N7O6. The molecule has 0 aliphatic carbocycles. The minimum Gasteiger partial charge on any atom is -0.490 e. The van der Waals surface area contributed by atoms with E-state index in [-0.39, 0.29) is 11.9 Å². The predicted octanol–water partition coefficient (Wildman–Crippen LogP) is 4.98. The molecule has 0 spiro atoms. The van der Waals surface area contributed by atoms with Crippen LogP contribution in [0.1, 0.15) is 32.0 Å². The smallest absolute Gasteiger partial charge is 0.430 e. The second-order valence-electron chi connectivity index (χ2n) is 10.2. The molecule has 0 aliphatic heterocycles. The number of carbonyl (C=O) groups excluding carboxylic acids is 2. The second kappa shape index (κ2) is 14.3. The SMILES string of the molecule is C=NC(=C)C(=O)Nc1cc(OCCc2cc(NC(=O)c3ccc(-n4ccnc4)nn3)c(C(O)(C(F)(F)F)C(F)(F)F)cc2F)c(F)cc1C(=O)O. The number of aromatic carboxylic acids is 1. The van der Waals surface area contributed by atoms with E-state index in [1.165, 1.54) is 29.4 Å². The van der Waals surface area contributed by atoms with Crippen molar-refractivity contribution in [1.82, 2.24) is 19.7 Å². The third-order valence-corrected chi connectivity index (χ3v) is 6.93. The lowest BCUT2D eigenvalue weighted by molar-refractivity contribution is -0.376. The number of amides is 2. The minimum absolute atomic E-state index is 0.125. The zero-order valence-electron chi connectivity index (χ0n) is 25.3. The zero-order valence-corrected chi connectivity index (χ0v) is 25.3. The Kier molecular flexibility index (Phi) is 10.5. The molecule has 2 heterocycles. The molecule has 0 saturated carbocycles. The van der Waals surface area contributed by atoms with Crippen LogP contribution in [-0.2, 0) is 16.8 Å². The van der Waals surface area contributed by atoms with E-state index < -0.39 is 106 Å². The molecule has 2 amide bonds. The summed E-state index contributed by atoms with van der Waals surface area (Å²) >= 11 is 0. The number of carboxylic acid groups (broad SMARTS) is 1. The summed E-state index contributed by atoms with van der Waals surface area (Å²) in [6.07, 6.45) is -9.53. The van der Waals surface area contributed by atoms with E-state index in [0.29, 0.717) is 12.1 Å². The van der Waals surface area contributed by atoms with Crippen LogP contribution in [-0.4, -0.2) is 73.4 Å². The maximum atomic E-state index is 15.2. The summed E-state index contributed by atoms with van der Waals surface area (Å²) < 4.78 is 120. The molecule has 0 bridgehead atoms. The van der Waals surface area contributed by atoms with Gasteiger partial charge in [0, 0.05) is 36.1 Å². The van der Waals surface area contributed by atoms with Gasteiger partial charge in [0.15, 0.2) is 23.1 Å². The van der Waals surface area contributed by atoms with Gasteiger partial charge < -0.3 is 25.6 Å². The lowest BCUT2D eigenvalue weighted by Crippen LogP contribution is -2.54. The molecule has 268 valence electrons. The Morgan fingerprint density at radius 3 is 2.18 bits per heavy atom. The number of alkyl halides is 6. The Hall–Kier alpha value is -6.25. The molecule has 0 fully saturated rings. The van der Waals surface area contributed by atoms with Gasteiger partial charge in [0.05, 0.1) is 17.9 Å². The molecule has 51 heavy (non-hydrogen) atoms. The first kappa shape index (κ1) is 37.6. The summed E-state index contributed by atoms with van der Waals surface area (Å²) in [5.41, 5.74) is -12.1. The number of aliphatic hydroxyl groups is 1. The van der Waals surface area contributed by atoms with E-state index in [0.717, 1.165) is 12.1 Å². The van der Waals surface area contributed by atoms with Crippen molar-refractivity contribution in [2.24, 2.45) is 4.99 Å². The normalized spacial score (nSPS) is 11.9. The summed E-state index contributed by atoms with van der Waals surface area (Å²) in [5, 5.41) is 30.6. The van der Waals surface area contributed by atoms with Crippen LogP contribution in [0, 0.1) is 11.6 Å². The maximum Gasteiger partial charge on any atom is 0.430 e. The molecular weight excluding hydrogens is 706 g/mol. The molecule has 4 rings (SSSR count). The average Bonchev–Trinajstić information content (AvgIpc) is 3.60. The van der Waals surface area contributed by atoms with Crippen molar-refractivity contribution in [3.8, 4) is 11.6 Å². The van der Waals surface area contributed by atoms with E-state index >= 15 is 4.39 Å². The van der Waals surface area contributed by atoms with Crippen LogP contribution in [0.3, 0.4) is 0 Å². The highest BCUT2D eigenvalue weighted by molar-refractivity contribution is 6.07. The largest absolute Gasteiger partial charge is 0.490 e. The second-order valence-corrected chi connectivity index (χ2v) is 10.2. The van der Waals surface area contributed by atoms with E-state index in [1.54, 1.807) is 5.32 Å². The van der Waals surface area contributed by atoms with Crippen LogP contribution in [0.25, 0.3) is 5.82 Å². The molecule has 13 nitrogen and oxygen atoms in total. The molecule has 0 atom stereocenters. The van der Waals surface area contributed by atoms with Gasteiger partial charge in [0.25, 0.3) is 17.4 Å². The number of benzene rings is 2. The third kappa shape index (κ3) is 7.82. The molecule has 21 heteroatoms. The fourth-order valence-electron chi connectivity index (χ4n) is 4.33. The van der Waals surface area contributed by atoms with E-state index in [2.05, 4.69) is 38.8 Å². The molecule has 0 radical (unpaired) electrons. The monoisotopic (exact) mass is 727 g/mol. The Morgan fingerprint density at radius 1 is 0.941 bits per heavy atom. The van der Waals surface area contributed by atoms with Gasteiger partial charge in [-0.3, -0.25) is 19.1 Å². The van der Waals surface area contributed by atoms with Gasteiger partial charge in [0.2, 0.25) is 0 Å². The van der Waals surface area contributed by atoms with Gasteiger partial charge in [-0.1, -0.05) is 6.58 Å². The number of ether oxygens (including phenoxy) is 1. The summed E-state index contributed by atoms with van der Waals surface area (Å²) in [6.45, 7) is 5.60. The first-order valence-electron chi connectivity index (χ1n) is 13.8. The maximum absolute atomic E-state index is 15.2. The molecule has 0 saturated heterocycles. The quantitative estimate of drug-likeness (QED) is 0.0890. The Morgan fingerprint density at radius 2 is 1.63 bits per heavy atom. The highest BCUT2D eigenvalue weighted by Gasteiger charge is 2.72. The molecule has 4 N–H and O–H groups in total. The van der Waals surface area contributed by atoms with Crippen LogP contribution in [0.2, 0.25) is 0 Å². The van der Waals surface area contributed by atoms with Crippen molar-refractivity contribution in [1.29, 1.82) is 0 Å². The number of rotatable bonds is 12. The van der Waals surface area contributed by atoms with Gasteiger partial charge in [-0.2, -0.15) is 26.3 Å². The molecule has 0 unspecified atom stereocenters. The molecule has 0 aliphatic rings. The van der Waals surface area contributed by atoms with Crippen LogP contribution in [0.4, 0.5) is 46.5 Å². The lowest BCUT2D eigenvalue weighted by Gasteiger charge is -2.34. The minimum atomic E-state index is -6.48. The first-order chi connectivity index (χ1) is 23.8. The number of hydrogen-bond donors (Lipinski definition) is 4. The summed E-state index contributed by atoms with van der Waals surface area (Å²) in [7, 11) is 0. The van der Waals surface area contributed by atoms with Crippen molar-refractivity contribution in [2.75, 3.05) is 17.2 Å². The third-order valence-electron chi connectivity index (χ3n) is 6.93. The van der Waals surface area contributed by atoms with E-state index in [4.69, 9.17) is 4.74 Å². The summed E-state index contributed by atoms with van der Waals surface area (Å²) in [6, 6.07) is 3.50. The van der Waals surface area contributed by atoms with Crippen molar-refractivity contribution < 1.29 is 64.5 Å². The number of anilines is 2. The van der Waals surface area contributed by atoms with Crippen LogP contribution in [0.15, 0.2) is 72.4 Å². The van der Waals surface area contributed by atoms with E-state index in [9.17, 15) is 55.3 Å². The number of aromatic nitrogens is 4. The number of carboxylic acids is 1. The van der Waals surface area contributed by atoms with Crippen molar-refractivity contribution in [2.45, 2.75) is 24.4 Å². The summed E-state index contributed by atoms with van der Waals surface area (Å²) in [4.78, 5) is 43.7. The number of halogens is 8. The molecule has 4 aromatic rings. The number of hydrogen-bond acceptors (Lipinski definition) is 9. The number of aliphatic imine (C=N–C) groups is 1.